The fourth-order valence-electron chi connectivity index (χ4n) is 9.02. The molecule has 0 atom stereocenters. The molecular formula is C63H40IrN7. The van der Waals surface area contributed by atoms with Gasteiger partial charge in [-0.1, -0.05) is 103 Å². The van der Waals surface area contributed by atoms with E-state index in [1.54, 1.807) is 0 Å². The molecule has 12 rings (SSSR count). The summed E-state index contributed by atoms with van der Waals surface area (Å²) >= 11 is 0. The van der Waals surface area contributed by atoms with Crippen LogP contribution in [0.1, 0.15) is 0 Å². The first-order valence-electron chi connectivity index (χ1n) is 23.0. The number of pyridine rings is 3. The Balaban J connectivity index is 0.00000547. The van der Waals surface area contributed by atoms with Gasteiger partial charge in [0.05, 0.1) is 5.69 Å². The molecule has 0 fully saturated rings. The summed E-state index contributed by atoms with van der Waals surface area (Å²) in [6.07, 6.45) is 13.4. The number of benzene rings is 7. The zero-order chi connectivity index (χ0) is 46.6. The second-order valence-corrected chi connectivity index (χ2v) is 16.8. The molecular weight excluding hydrogens is 1050 g/mol. The van der Waals surface area contributed by atoms with Crippen LogP contribution in [0.2, 0.25) is 0 Å². The quantitative estimate of drug-likeness (QED) is 0.121. The second kappa shape index (κ2) is 20.0. The first-order valence-corrected chi connectivity index (χ1v) is 23.0. The molecule has 0 aliphatic carbocycles. The van der Waals surface area contributed by atoms with Gasteiger partial charge in [0.25, 0.3) is 0 Å². The molecule has 0 bridgehead atoms. The Morgan fingerprint density at radius 2 is 0.831 bits per heavy atom. The Morgan fingerprint density at radius 3 is 1.45 bits per heavy atom. The molecule has 0 saturated heterocycles. The van der Waals surface area contributed by atoms with Gasteiger partial charge < -0.3 is 15.0 Å². The van der Waals surface area contributed by atoms with Gasteiger partial charge in [0.2, 0.25) is 0 Å². The second-order valence-electron chi connectivity index (χ2n) is 16.8. The molecule has 0 spiro atoms. The maximum atomic E-state index is 5.10. The maximum Gasteiger partial charge on any atom is 3.00 e. The Hall–Kier alpha value is -8.94. The summed E-state index contributed by atoms with van der Waals surface area (Å²) in [7, 11) is 0. The van der Waals surface area contributed by atoms with E-state index >= 15 is 0 Å². The normalized spacial score (nSPS) is 11.0. The van der Waals surface area contributed by atoms with Crippen molar-refractivity contribution in [1.82, 2.24) is 34.1 Å². The van der Waals surface area contributed by atoms with Crippen LogP contribution in [0.5, 0.6) is 0 Å². The van der Waals surface area contributed by atoms with Gasteiger partial charge in [0, 0.05) is 65.8 Å². The van der Waals surface area contributed by atoms with E-state index in [4.69, 9.17) is 24.9 Å². The topological polar surface area (TPSA) is 74.3 Å². The van der Waals surface area contributed by atoms with Crippen molar-refractivity contribution in [2.75, 3.05) is 0 Å². The number of nitrogens with zero attached hydrogens (tertiary/aromatic N) is 7. The Morgan fingerprint density at radius 1 is 0.310 bits per heavy atom. The third-order valence-electron chi connectivity index (χ3n) is 12.5. The molecule has 0 unspecified atom stereocenters. The zero-order valence-corrected chi connectivity index (χ0v) is 40.5. The molecule has 0 N–H and O–H groups in total. The molecule has 8 heteroatoms. The Bertz CT molecular complexity index is 3580. The van der Waals surface area contributed by atoms with Crippen molar-refractivity contribution in [2.45, 2.75) is 0 Å². The van der Waals surface area contributed by atoms with Crippen molar-refractivity contribution in [1.29, 1.82) is 0 Å². The van der Waals surface area contributed by atoms with Crippen LogP contribution in [0.15, 0.2) is 244 Å². The SMILES string of the molecule is [Ir+3].[c-]1ccccc1-c1ccc(-c2nccn2-c2cc(-c3ccccc3-c3cnc(-c4[c-]cccc4)cc3-c3ccc(-c4ccccc4)cc3)cc(-c3nccn3-c3ccc(-c4[c-]cccc4)nc3)c2)cn1. The fraction of sp³-hybridized carbons (Fsp3) is 0. The summed E-state index contributed by atoms with van der Waals surface area (Å²) in [5.74, 6) is 1.52. The van der Waals surface area contributed by atoms with Crippen LogP contribution in [0.4, 0.5) is 0 Å². The standard InChI is InChI=1S/C63H40N7.Ir/c1-5-15-44(16-6-1)45-25-27-46(28-26-45)57-40-61(49-21-11-4-12-22-49)68-43-58(57)56-24-14-13-23-55(56)51-37-52(63-65-33-35-69(63)53-30-32-60(67-42-53)48-19-9-3-10-20-48)39-54(38-51)70-36-34-64-62(70)50-29-31-59(66-41-50)47-17-7-2-8-18-47;/h1-17,19,21,23-43H;/q-3;+3. The van der Waals surface area contributed by atoms with Crippen LogP contribution in [0.25, 0.3) is 112 Å². The van der Waals surface area contributed by atoms with E-state index in [0.717, 1.165) is 107 Å². The largest absolute Gasteiger partial charge is 3.00 e. The predicted molar refractivity (Wildman–Crippen MR) is 280 cm³/mol. The van der Waals surface area contributed by atoms with Crippen molar-refractivity contribution in [3.63, 3.8) is 0 Å². The van der Waals surface area contributed by atoms with Crippen molar-refractivity contribution < 1.29 is 20.1 Å². The molecule has 71 heavy (non-hydrogen) atoms. The monoisotopic (exact) mass is 1090 g/mol. The van der Waals surface area contributed by atoms with Gasteiger partial charge in [-0.15, -0.1) is 108 Å². The van der Waals surface area contributed by atoms with Crippen molar-refractivity contribution in [3.8, 4) is 112 Å². The van der Waals surface area contributed by atoms with Gasteiger partial charge in [-0.3, -0.25) is 9.13 Å². The fourth-order valence-corrected chi connectivity index (χ4v) is 9.02. The van der Waals surface area contributed by atoms with E-state index in [2.05, 4.69) is 143 Å². The smallest absolute Gasteiger partial charge is 0.304 e. The molecule has 336 valence electrons. The third kappa shape index (κ3) is 9.09. The van der Waals surface area contributed by atoms with Gasteiger partial charge in [-0.05, 0) is 80.3 Å². The molecule has 0 radical (unpaired) electrons. The predicted octanol–water partition coefficient (Wildman–Crippen LogP) is 14.6. The van der Waals surface area contributed by atoms with E-state index in [9.17, 15) is 0 Å². The van der Waals surface area contributed by atoms with Crippen LogP contribution in [-0.4, -0.2) is 34.1 Å². The van der Waals surface area contributed by atoms with Crippen molar-refractivity contribution in [2.24, 2.45) is 0 Å². The Labute approximate surface area is 425 Å². The molecule has 0 aliphatic heterocycles. The van der Waals surface area contributed by atoms with E-state index in [0.29, 0.717) is 0 Å². The number of aromatic nitrogens is 7. The minimum Gasteiger partial charge on any atom is -0.304 e. The molecule has 12 aromatic rings. The minimum absolute atomic E-state index is 0. The summed E-state index contributed by atoms with van der Waals surface area (Å²) in [6.45, 7) is 0. The van der Waals surface area contributed by atoms with Crippen LogP contribution in [-0.2, 0) is 20.1 Å². The number of rotatable bonds is 11. The average molecular weight is 1090 g/mol. The average Bonchev–Trinajstić information content (AvgIpc) is 4.16. The molecule has 0 amide bonds. The Kier molecular flexibility index (Phi) is 12.5. The molecule has 0 saturated carbocycles. The number of imidazole rings is 2. The van der Waals surface area contributed by atoms with Gasteiger partial charge in [-0.2, -0.15) is 0 Å². The molecule has 0 aliphatic rings. The zero-order valence-electron chi connectivity index (χ0n) is 38.1. The van der Waals surface area contributed by atoms with E-state index in [1.165, 1.54) is 5.56 Å². The van der Waals surface area contributed by atoms with Gasteiger partial charge in [-0.25, -0.2) is 9.97 Å². The van der Waals surface area contributed by atoms with E-state index < -0.39 is 0 Å². The minimum atomic E-state index is 0. The van der Waals surface area contributed by atoms with Gasteiger partial charge in [0.15, 0.2) is 0 Å². The van der Waals surface area contributed by atoms with Crippen LogP contribution in [0.3, 0.4) is 0 Å². The van der Waals surface area contributed by atoms with Crippen LogP contribution >= 0.6 is 0 Å². The molecule has 7 nitrogen and oxygen atoms in total. The summed E-state index contributed by atoms with van der Waals surface area (Å²) in [5, 5.41) is 0. The van der Waals surface area contributed by atoms with E-state index in [1.807, 2.05) is 128 Å². The number of hydrogen-bond acceptors (Lipinski definition) is 5. The molecule has 7 aromatic carbocycles. The molecule has 5 heterocycles. The number of hydrogen-bond donors (Lipinski definition) is 0. The summed E-state index contributed by atoms with van der Waals surface area (Å²) in [6, 6.07) is 78.6. The van der Waals surface area contributed by atoms with Gasteiger partial charge in [0.1, 0.15) is 11.6 Å². The summed E-state index contributed by atoms with van der Waals surface area (Å²) in [4.78, 5) is 24.7. The van der Waals surface area contributed by atoms with Crippen molar-refractivity contribution in [3.05, 3.63) is 262 Å². The van der Waals surface area contributed by atoms with E-state index in [-0.39, 0.29) is 20.1 Å². The van der Waals surface area contributed by atoms with Crippen molar-refractivity contribution >= 4 is 0 Å². The summed E-state index contributed by atoms with van der Waals surface area (Å²) < 4.78 is 4.20. The maximum absolute atomic E-state index is 5.10. The first kappa shape index (κ1) is 44.6. The first-order chi connectivity index (χ1) is 34.7. The van der Waals surface area contributed by atoms with Crippen LogP contribution in [0, 0.1) is 18.2 Å². The third-order valence-corrected chi connectivity index (χ3v) is 12.5. The molecule has 5 aromatic heterocycles. The van der Waals surface area contributed by atoms with Gasteiger partial charge >= 0.3 is 20.1 Å². The summed E-state index contributed by atoms with van der Waals surface area (Å²) in [5.41, 5.74) is 17.4. The van der Waals surface area contributed by atoms with Crippen LogP contribution < -0.4 is 0 Å².